The van der Waals surface area contributed by atoms with Gasteiger partial charge in [0.1, 0.15) is 0 Å². The highest BCUT2D eigenvalue weighted by molar-refractivity contribution is 5.77. The highest BCUT2D eigenvalue weighted by Gasteiger charge is 2.62. The normalized spacial score (nSPS) is 24.9. The molecular formula is C6H9F4N3O. The van der Waals surface area contributed by atoms with Gasteiger partial charge in [0.05, 0.1) is 19.6 Å². The Labute approximate surface area is 77.0 Å². The maximum absolute atomic E-state index is 12.6. The molecule has 1 aliphatic rings. The lowest BCUT2D eigenvalue weighted by Crippen LogP contribution is -2.40. The zero-order valence-electron chi connectivity index (χ0n) is 7.07. The Kier molecular flexibility index (Phi) is 2.68. The maximum atomic E-state index is 12.6. The third kappa shape index (κ3) is 1.95. The van der Waals surface area contributed by atoms with Crippen LogP contribution < -0.4 is 11.3 Å². The van der Waals surface area contributed by atoms with E-state index in [1.165, 1.54) is 0 Å². The predicted molar refractivity (Wildman–Crippen MR) is 38.7 cm³/mol. The molecule has 1 aliphatic heterocycles. The molecule has 0 radical (unpaired) electrons. The number of nitrogens with one attached hydrogen (secondary N) is 1. The smallest absolute Gasteiger partial charge is 0.293 e. The van der Waals surface area contributed by atoms with Crippen LogP contribution in [0.3, 0.4) is 0 Å². The van der Waals surface area contributed by atoms with Gasteiger partial charge in [0.15, 0.2) is 0 Å². The van der Waals surface area contributed by atoms with Crippen LogP contribution in [0.15, 0.2) is 0 Å². The molecule has 0 saturated carbocycles. The average Bonchev–Trinajstić information content (AvgIpc) is 2.20. The van der Waals surface area contributed by atoms with Gasteiger partial charge in [-0.05, 0) is 0 Å². The summed E-state index contributed by atoms with van der Waals surface area (Å²) in [6.45, 7) is -2.82. The number of nitrogens with two attached hydrogens (primary N) is 1. The van der Waals surface area contributed by atoms with Crippen molar-refractivity contribution in [2.45, 2.75) is 11.8 Å². The van der Waals surface area contributed by atoms with E-state index < -0.39 is 37.4 Å². The molecule has 1 saturated heterocycles. The fourth-order valence-corrected chi connectivity index (χ4v) is 1.21. The van der Waals surface area contributed by atoms with Crippen molar-refractivity contribution in [1.82, 2.24) is 10.3 Å². The van der Waals surface area contributed by atoms with E-state index in [1.54, 1.807) is 5.43 Å². The molecule has 0 spiro atoms. The number of rotatable bonds is 2. The van der Waals surface area contributed by atoms with Crippen molar-refractivity contribution in [1.29, 1.82) is 0 Å². The largest absolute Gasteiger partial charge is 0.323 e. The summed E-state index contributed by atoms with van der Waals surface area (Å²) in [5.41, 5.74) is 1.68. The van der Waals surface area contributed by atoms with Gasteiger partial charge in [-0.25, -0.2) is 5.84 Å². The van der Waals surface area contributed by atoms with Crippen molar-refractivity contribution in [2.24, 2.45) is 5.84 Å². The molecule has 0 aliphatic carbocycles. The number of amides is 1. The van der Waals surface area contributed by atoms with E-state index in [-0.39, 0.29) is 0 Å². The highest BCUT2D eigenvalue weighted by Crippen LogP contribution is 2.40. The third-order valence-corrected chi connectivity index (χ3v) is 1.91. The van der Waals surface area contributed by atoms with Crippen molar-refractivity contribution >= 4 is 5.91 Å². The number of likely N-dealkylation sites (tertiary alicyclic amines) is 1. The molecule has 3 N–H and O–H groups in total. The molecule has 0 bridgehead atoms. The van der Waals surface area contributed by atoms with Crippen LogP contribution in [0.2, 0.25) is 0 Å². The average molecular weight is 215 g/mol. The number of hydrazine groups is 1. The number of halogens is 4. The van der Waals surface area contributed by atoms with Crippen molar-refractivity contribution in [2.75, 3.05) is 19.6 Å². The molecule has 0 aromatic rings. The van der Waals surface area contributed by atoms with E-state index in [0.29, 0.717) is 4.90 Å². The van der Waals surface area contributed by atoms with E-state index in [2.05, 4.69) is 5.84 Å². The Hall–Kier alpha value is -0.890. The second-order valence-electron chi connectivity index (χ2n) is 3.12. The lowest BCUT2D eigenvalue weighted by Gasteiger charge is -2.15. The molecule has 0 atom stereocenters. The number of hydrogen-bond acceptors (Lipinski definition) is 3. The quantitative estimate of drug-likeness (QED) is 0.284. The SMILES string of the molecule is NNC(=O)CN1CC(F)(F)C(F)(F)C1. The summed E-state index contributed by atoms with van der Waals surface area (Å²) >= 11 is 0. The van der Waals surface area contributed by atoms with E-state index >= 15 is 0 Å². The molecule has 0 unspecified atom stereocenters. The van der Waals surface area contributed by atoms with E-state index in [0.717, 1.165) is 0 Å². The molecule has 14 heavy (non-hydrogen) atoms. The molecule has 82 valence electrons. The van der Waals surface area contributed by atoms with Crippen molar-refractivity contribution in [3.05, 3.63) is 0 Å². The van der Waals surface area contributed by atoms with Crippen LogP contribution >= 0.6 is 0 Å². The van der Waals surface area contributed by atoms with Crippen molar-refractivity contribution in [3.63, 3.8) is 0 Å². The van der Waals surface area contributed by atoms with Gasteiger partial charge in [0, 0.05) is 0 Å². The zero-order valence-corrected chi connectivity index (χ0v) is 7.07. The molecule has 0 aromatic carbocycles. The Morgan fingerprint density at radius 1 is 1.29 bits per heavy atom. The number of carbonyl (C=O) groups excluding carboxylic acids is 1. The van der Waals surface area contributed by atoms with E-state index in [9.17, 15) is 22.4 Å². The van der Waals surface area contributed by atoms with Crippen LogP contribution in [0.5, 0.6) is 0 Å². The molecular weight excluding hydrogens is 206 g/mol. The summed E-state index contributed by atoms with van der Waals surface area (Å²) in [5.74, 6) is -4.26. The molecule has 4 nitrogen and oxygen atoms in total. The number of nitrogens with zero attached hydrogens (tertiary/aromatic N) is 1. The first-order valence-corrected chi connectivity index (χ1v) is 3.76. The molecule has 1 fully saturated rings. The summed E-state index contributed by atoms with van der Waals surface area (Å²) in [6, 6.07) is 0. The van der Waals surface area contributed by atoms with Gasteiger partial charge in [-0.3, -0.25) is 15.1 Å². The number of hydrogen-bond donors (Lipinski definition) is 2. The Balaban J connectivity index is 2.60. The van der Waals surface area contributed by atoms with Gasteiger partial charge in [0.2, 0.25) is 5.91 Å². The minimum atomic E-state index is -4.08. The van der Waals surface area contributed by atoms with Crippen LogP contribution in [-0.4, -0.2) is 42.3 Å². The van der Waals surface area contributed by atoms with Gasteiger partial charge in [-0.1, -0.05) is 0 Å². The second kappa shape index (κ2) is 3.35. The predicted octanol–water partition coefficient (Wildman–Crippen LogP) is -0.438. The summed E-state index contributed by atoms with van der Waals surface area (Å²) in [6.07, 6.45) is 0. The number of alkyl halides is 4. The zero-order chi connectivity index (χ0) is 11.0. The first-order valence-electron chi connectivity index (χ1n) is 3.76. The van der Waals surface area contributed by atoms with Crippen LogP contribution in [0, 0.1) is 0 Å². The van der Waals surface area contributed by atoms with Gasteiger partial charge >= 0.3 is 11.8 Å². The number of carbonyl (C=O) groups is 1. The molecule has 0 aromatic heterocycles. The summed E-state index contributed by atoms with van der Waals surface area (Å²) < 4.78 is 50.3. The third-order valence-electron chi connectivity index (χ3n) is 1.91. The minimum absolute atomic E-state index is 0.554. The Morgan fingerprint density at radius 2 is 1.71 bits per heavy atom. The summed E-state index contributed by atoms with van der Waals surface area (Å²) in [4.78, 5) is 11.3. The summed E-state index contributed by atoms with van der Waals surface area (Å²) in [7, 11) is 0. The van der Waals surface area contributed by atoms with Crippen molar-refractivity contribution in [3.8, 4) is 0 Å². The highest BCUT2D eigenvalue weighted by atomic mass is 19.3. The van der Waals surface area contributed by atoms with Gasteiger partial charge < -0.3 is 0 Å². The Morgan fingerprint density at radius 3 is 2.07 bits per heavy atom. The topological polar surface area (TPSA) is 58.4 Å². The van der Waals surface area contributed by atoms with Crippen LogP contribution in [-0.2, 0) is 4.79 Å². The first-order chi connectivity index (χ1) is 6.28. The molecule has 8 heteroatoms. The van der Waals surface area contributed by atoms with E-state index in [1.807, 2.05) is 0 Å². The molecule has 1 heterocycles. The second-order valence-corrected chi connectivity index (χ2v) is 3.12. The van der Waals surface area contributed by atoms with Gasteiger partial charge in [-0.2, -0.15) is 17.6 Å². The lowest BCUT2D eigenvalue weighted by atomic mass is 10.2. The monoisotopic (exact) mass is 215 g/mol. The fraction of sp³-hybridized carbons (Fsp3) is 0.833. The minimum Gasteiger partial charge on any atom is -0.293 e. The fourth-order valence-electron chi connectivity index (χ4n) is 1.21. The van der Waals surface area contributed by atoms with Gasteiger partial charge in [0.25, 0.3) is 0 Å². The van der Waals surface area contributed by atoms with Crippen LogP contribution in [0.4, 0.5) is 17.6 Å². The van der Waals surface area contributed by atoms with Crippen LogP contribution in [0.1, 0.15) is 0 Å². The van der Waals surface area contributed by atoms with Crippen LogP contribution in [0.25, 0.3) is 0 Å². The summed E-state index contributed by atoms with van der Waals surface area (Å²) in [5, 5.41) is 0. The molecule has 1 rings (SSSR count). The van der Waals surface area contributed by atoms with E-state index in [4.69, 9.17) is 0 Å². The maximum Gasteiger partial charge on any atom is 0.323 e. The Bertz CT molecular complexity index is 229. The van der Waals surface area contributed by atoms with Crippen molar-refractivity contribution < 1.29 is 22.4 Å². The standard InChI is InChI=1S/C6H9F4N3O/c7-5(8)2-13(1-4(14)12-11)3-6(5,9)10/h1-3,11H2,(H,12,14). The first kappa shape index (κ1) is 11.2. The van der Waals surface area contributed by atoms with Gasteiger partial charge in [-0.15, -0.1) is 0 Å². The lowest BCUT2D eigenvalue weighted by molar-refractivity contribution is -0.172. The molecule has 1 amide bonds.